The molecule has 0 radical (unpaired) electrons. The van der Waals surface area contributed by atoms with Crippen LogP contribution in [0.15, 0.2) is 35.5 Å². The highest BCUT2D eigenvalue weighted by Crippen LogP contribution is 2.36. The minimum absolute atomic E-state index is 0.316. The van der Waals surface area contributed by atoms with Gasteiger partial charge < -0.3 is 20.1 Å². The van der Waals surface area contributed by atoms with Crippen LogP contribution in [0.2, 0.25) is 0 Å². The van der Waals surface area contributed by atoms with Gasteiger partial charge in [0.25, 0.3) is 0 Å². The highest BCUT2D eigenvalue weighted by molar-refractivity contribution is 6.62. The molecule has 0 aromatic heterocycles. The Morgan fingerprint density at radius 2 is 1.68 bits per heavy atom. The third-order valence-electron chi connectivity index (χ3n) is 4.66. The number of hydrogen-bond acceptors (Lipinski definition) is 5. The summed E-state index contributed by atoms with van der Waals surface area (Å²) in [5.74, 6) is 0. The van der Waals surface area contributed by atoms with E-state index in [0.29, 0.717) is 6.54 Å². The SMILES string of the molecule is CC(C)(O)CN=CC(=CN)c1ccc(B2OC(C)(C)C(C)(C)O2)cc1. The summed E-state index contributed by atoms with van der Waals surface area (Å²) >= 11 is 0. The summed E-state index contributed by atoms with van der Waals surface area (Å²) in [7, 11) is -0.381. The number of hydrogen-bond donors (Lipinski definition) is 2. The Bertz CT molecular complexity index is 642. The zero-order chi connectivity index (χ0) is 18.9. The molecule has 0 spiro atoms. The number of allylic oxidation sites excluding steroid dienone is 1. The molecule has 0 saturated carbocycles. The van der Waals surface area contributed by atoms with Crippen molar-refractivity contribution in [3.63, 3.8) is 0 Å². The van der Waals surface area contributed by atoms with Gasteiger partial charge in [-0.15, -0.1) is 0 Å². The molecule has 1 heterocycles. The van der Waals surface area contributed by atoms with Crippen LogP contribution in [0.25, 0.3) is 5.57 Å². The zero-order valence-corrected chi connectivity index (χ0v) is 16.0. The Labute approximate surface area is 151 Å². The molecular formula is C19H29BN2O3. The fraction of sp³-hybridized carbons (Fsp3) is 0.526. The Morgan fingerprint density at radius 3 is 2.12 bits per heavy atom. The fourth-order valence-corrected chi connectivity index (χ4v) is 2.39. The van der Waals surface area contributed by atoms with Crippen LogP contribution < -0.4 is 11.2 Å². The van der Waals surface area contributed by atoms with E-state index in [1.165, 1.54) is 6.20 Å². The third kappa shape index (κ3) is 4.72. The van der Waals surface area contributed by atoms with Gasteiger partial charge in [-0.25, -0.2) is 0 Å². The molecule has 1 saturated heterocycles. The molecule has 3 N–H and O–H groups in total. The molecule has 0 atom stereocenters. The van der Waals surface area contributed by atoms with Gasteiger partial charge in [-0.3, -0.25) is 4.99 Å². The lowest BCUT2D eigenvalue weighted by Crippen LogP contribution is -2.41. The summed E-state index contributed by atoms with van der Waals surface area (Å²) in [6, 6.07) is 7.89. The maximum Gasteiger partial charge on any atom is 0.494 e. The second-order valence-corrected chi connectivity index (χ2v) is 8.11. The van der Waals surface area contributed by atoms with Gasteiger partial charge in [0, 0.05) is 18.0 Å². The van der Waals surface area contributed by atoms with Gasteiger partial charge >= 0.3 is 7.12 Å². The maximum atomic E-state index is 9.72. The topological polar surface area (TPSA) is 77.1 Å². The summed E-state index contributed by atoms with van der Waals surface area (Å²) in [5, 5.41) is 9.72. The first-order valence-electron chi connectivity index (χ1n) is 8.55. The minimum Gasteiger partial charge on any atom is -0.404 e. The molecule has 5 nitrogen and oxygen atoms in total. The number of aliphatic imine (C=N–C) groups is 1. The predicted octanol–water partition coefficient (Wildman–Crippen LogP) is 2.13. The summed E-state index contributed by atoms with van der Waals surface area (Å²) in [6.07, 6.45) is 3.19. The summed E-state index contributed by atoms with van der Waals surface area (Å²) in [6.45, 7) is 11.9. The summed E-state index contributed by atoms with van der Waals surface area (Å²) in [4.78, 5) is 4.26. The van der Waals surface area contributed by atoms with Crippen molar-refractivity contribution >= 4 is 24.4 Å². The third-order valence-corrected chi connectivity index (χ3v) is 4.66. The monoisotopic (exact) mass is 344 g/mol. The van der Waals surface area contributed by atoms with Crippen molar-refractivity contribution in [2.24, 2.45) is 10.7 Å². The van der Waals surface area contributed by atoms with E-state index in [1.807, 2.05) is 52.0 Å². The first kappa shape index (κ1) is 19.7. The quantitative estimate of drug-likeness (QED) is 0.634. The van der Waals surface area contributed by atoms with Crippen LogP contribution in [-0.4, -0.2) is 41.8 Å². The largest absolute Gasteiger partial charge is 0.494 e. The first-order valence-corrected chi connectivity index (χ1v) is 8.55. The molecule has 136 valence electrons. The normalized spacial score (nSPS) is 20.4. The lowest BCUT2D eigenvalue weighted by Gasteiger charge is -2.32. The van der Waals surface area contributed by atoms with E-state index in [9.17, 15) is 5.11 Å². The van der Waals surface area contributed by atoms with Crippen LogP contribution in [0.3, 0.4) is 0 Å². The molecule has 0 aliphatic carbocycles. The van der Waals surface area contributed by atoms with Gasteiger partial charge in [0.05, 0.1) is 23.3 Å². The van der Waals surface area contributed by atoms with Crippen LogP contribution in [0, 0.1) is 0 Å². The van der Waals surface area contributed by atoms with Crippen molar-refractivity contribution in [2.45, 2.75) is 58.3 Å². The van der Waals surface area contributed by atoms with E-state index in [-0.39, 0.29) is 18.3 Å². The van der Waals surface area contributed by atoms with Gasteiger partial charge in [0.2, 0.25) is 0 Å². The molecule has 1 aromatic carbocycles. The Morgan fingerprint density at radius 1 is 1.16 bits per heavy atom. The van der Waals surface area contributed by atoms with Crippen molar-refractivity contribution in [1.82, 2.24) is 0 Å². The average Bonchev–Trinajstić information content (AvgIpc) is 2.71. The van der Waals surface area contributed by atoms with Crippen LogP contribution in [0.5, 0.6) is 0 Å². The number of nitrogens with two attached hydrogens (primary N) is 1. The molecule has 1 fully saturated rings. The molecule has 0 unspecified atom stereocenters. The number of nitrogens with zero attached hydrogens (tertiary/aromatic N) is 1. The molecule has 2 rings (SSSR count). The minimum atomic E-state index is -0.836. The van der Waals surface area contributed by atoms with Crippen molar-refractivity contribution < 1.29 is 14.4 Å². The standard InChI is InChI=1S/C19H29BN2O3/c1-17(2,23)13-22-12-15(11-21)14-7-9-16(10-8-14)20-24-18(3,4)19(5,6)25-20/h7-12,23H,13,21H2,1-6H3. The molecule has 6 heteroatoms. The lowest BCUT2D eigenvalue weighted by atomic mass is 9.78. The van der Waals surface area contributed by atoms with E-state index < -0.39 is 5.60 Å². The van der Waals surface area contributed by atoms with E-state index in [4.69, 9.17) is 15.0 Å². The number of rotatable bonds is 5. The van der Waals surface area contributed by atoms with E-state index in [1.54, 1.807) is 20.1 Å². The smallest absolute Gasteiger partial charge is 0.404 e. The van der Waals surface area contributed by atoms with Crippen molar-refractivity contribution in [3.05, 3.63) is 36.0 Å². The second-order valence-electron chi connectivity index (χ2n) is 8.11. The Balaban J connectivity index is 2.12. The van der Waals surface area contributed by atoms with Crippen LogP contribution >= 0.6 is 0 Å². The van der Waals surface area contributed by atoms with Crippen LogP contribution in [0.4, 0.5) is 0 Å². The summed E-state index contributed by atoms with van der Waals surface area (Å²) < 4.78 is 12.1. The van der Waals surface area contributed by atoms with Crippen LogP contribution in [-0.2, 0) is 9.31 Å². The first-order chi connectivity index (χ1) is 11.5. The summed E-state index contributed by atoms with van der Waals surface area (Å²) in [5.41, 5.74) is 6.87. The fourth-order valence-electron chi connectivity index (χ4n) is 2.39. The van der Waals surface area contributed by atoms with Gasteiger partial charge in [0.15, 0.2) is 0 Å². The Kier molecular flexibility index (Phi) is 5.47. The second kappa shape index (κ2) is 6.94. The number of aliphatic hydroxyl groups is 1. The van der Waals surface area contributed by atoms with E-state index >= 15 is 0 Å². The maximum absolute atomic E-state index is 9.72. The predicted molar refractivity (Wildman–Crippen MR) is 104 cm³/mol. The molecule has 1 aromatic rings. The zero-order valence-electron chi connectivity index (χ0n) is 16.0. The van der Waals surface area contributed by atoms with E-state index in [2.05, 4.69) is 4.99 Å². The highest BCUT2D eigenvalue weighted by Gasteiger charge is 2.51. The van der Waals surface area contributed by atoms with Crippen molar-refractivity contribution in [2.75, 3.05) is 6.54 Å². The molecule has 0 bridgehead atoms. The molecule has 0 amide bonds. The van der Waals surface area contributed by atoms with Gasteiger partial charge in [0.1, 0.15) is 0 Å². The van der Waals surface area contributed by atoms with Gasteiger partial charge in [-0.2, -0.15) is 0 Å². The molecule has 25 heavy (non-hydrogen) atoms. The van der Waals surface area contributed by atoms with Crippen molar-refractivity contribution in [1.29, 1.82) is 0 Å². The number of benzene rings is 1. The van der Waals surface area contributed by atoms with Crippen LogP contribution in [0.1, 0.15) is 47.1 Å². The van der Waals surface area contributed by atoms with Crippen molar-refractivity contribution in [3.8, 4) is 0 Å². The lowest BCUT2D eigenvalue weighted by molar-refractivity contribution is 0.00578. The Hall–Kier alpha value is -1.63. The average molecular weight is 344 g/mol. The highest BCUT2D eigenvalue weighted by atomic mass is 16.7. The van der Waals surface area contributed by atoms with Gasteiger partial charge in [-0.05, 0) is 52.6 Å². The molecule has 1 aliphatic heterocycles. The van der Waals surface area contributed by atoms with E-state index in [0.717, 1.165) is 16.6 Å². The molecular weight excluding hydrogens is 315 g/mol. The van der Waals surface area contributed by atoms with Gasteiger partial charge in [-0.1, -0.05) is 24.3 Å². The molecule has 1 aliphatic rings.